The van der Waals surface area contributed by atoms with Gasteiger partial charge in [0.1, 0.15) is 11.3 Å². The van der Waals surface area contributed by atoms with Crippen LogP contribution in [0.5, 0.6) is 5.75 Å². The molecule has 1 aliphatic rings. The van der Waals surface area contributed by atoms with E-state index in [-0.39, 0.29) is 22.6 Å². The number of aromatic amines is 1. The molecular formula is C23H31N3O4S. The lowest BCUT2D eigenvalue weighted by Gasteiger charge is -2.33. The summed E-state index contributed by atoms with van der Waals surface area (Å²) < 4.78 is 0.717. The summed E-state index contributed by atoms with van der Waals surface area (Å²) in [6, 6.07) is 3.55. The molecule has 0 atom stereocenters. The first-order valence-corrected chi connectivity index (χ1v) is 11.8. The summed E-state index contributed by atoms with van der Waals surface area (Å²) in [5.41, 5.74) is 1.35. The summed E-state index contributed by atoms with van der Waals surface area (Å²) in [6.45, 7) is 5.06. The molecule has 7 nitrogen and oxygen atoms in total. The van der Waals surface area contributed by atoms with Gasteiger partial charge in [0.2, 0.25) is 12.3 Å². The summed E-state index contributed by atoms with van der Waals surface area (Å²) in [5.74, 6) is -0.0316. The molecule has 0 unspecified atom stereocenters. The van der Waals surface area contributed by atoms with Gasteiger partial charge in [0.05, 0.1) is 4.70 Å². The summed E-state index contributed by atoms with van der Waals surface area (Å²) in [4.78, 5) is 41.9. The van der Waals surface area contributed by atoms with Crippen LogP contribution in [0.25, 0.3) is 10.2 Å². The van der Waals surface area contributed by atoms with Crippen LogP contribution in [-0.2, 0) is 16.0 Å². The molecule has 1 heterocycles. The number of nitrogens with one attached hydrogen (secondary N) is 1. The number of aromatic nitrogens is 1. The summed E-state index contributed by atoms with van der Waals surface area (Å²) in [6.07, 6.45) is 10.7. The fourth-order valence-corrected chi connectivity index (χ4v) is 5.22. The van der Waals surface area contributed by atoms with Crippen molar-refractivity contribution in [3.05, 3.63) is 40.0 Å². The Morgan fingerprint density at radius 1 is 1.16 bits per heavy atom. The van der Waals surface area contributed by atoms with Gasteiger partial charge >= 0.3 is 4.87 Å². The van der Waals surface area contributed by atoms with Gasteiger partial charge in [-0.3, -0.25) is 14.4 Å². The van der Waals surface area contributed by atoms with Crippen molar-refractivity contribution < 1.29 is 14.7 Å². The Morgan fingerprint density at radius 3 is 2.55 bits per heavy atom. The van der Waals surface area contributed by atoms with Crippen LogP contribution in [0.3, 0.4) is 0 Å². The lowest BCUT2D eigenvalue weighted by Crippen LogP contribution is -2.44. The highest BCUT2D eigenvalue weighted by Gasteiger charge is 2.23. The van der Waals surface area contributed by atoms with E-state index in [0.29, 0.717) is 36.3 Å². The maximum absolute atomic E-state index is 12.5. The second kappa shape index (κ2) is 11.1. The average molecular weight is 446 g/mol. The van der Waals surface area contributed by atoms with Gasteiger partial charge < -0.3 is 19.9 Å². The van der Waals surface area contributed by atoms with Gasteiger partial charge in [-0.05, 0) is 37.0 Å². The molecule has 1 aromatic carbocycles. The molecule has 0 spiro atoms. The van der Waals surface area contributed by atoms with Gasteiger partial charge in [-0.25, -0.2) is 0 Å². The third-order valence-electron chi connectivity index (χ3n) is 6.06. The highest BCUT2D eigenvalue weighted by atomic mass is 32.1. The number of hydrogen-bond donors (Lipinski definition) is 2. The zero-order valence-electron chi connectivity index (χ0n) is 17.8. The van der Waals surface area contributed by atoms with Crippen LogP contribution in [0.2, 0.25) is 0 Å². The summed E-state index contributed by atoms with van der Waals surface area (Å²) in [7, 11) is 0. The minimum absolute atomic E-state index is 0.0436. The number of fused-ring (bicyclic) bond motifs is 1. The first kappa shape index (κ1) is 23.1. The minimum atomic E-state index is -0.220. The van der Waals surface area contributed by atoms with Crippen LogP contribution in [0, 0.1) is 0 Å². The molecule has 1 fully saturated rings. The number of H-pyrrole nitrogens is 1. The maximum Gasteiger partial charge on any atom is 0.305 e. The Bertz CT molecular complexity index is 959. The van der Waals surface area contributed by atoms with Gasteiger partial charge in [-0.15, -0.1) is 0 Å². The second-order valence-corrected chi connectivity index (χ2v) is 9.07. The standard InChI is InChI=1S/C23H31N3O4S/c1-2-20(29)26(18-8-6-4-3-5-7-9-18)15-14-25(16-27)13-12-17-10-11-19(28)21-22(17)31-23(30)24-21/h2,10-11,16,18,28H,1,3-9,12-15H2,(H,24,30). The molecule has 0 aliphatic heterocycles. The number of amides is 2. The van der Waals surface area contributed by atoms with Crippen molar-refractivity contribution in [1.29, 1.82) is 0 Å². The number of rotatable bonds is 9. The monoisotopic (exact) mass is 445 g/mol. The van der Waals surface area contributed by atoms with Crippen LogP contribution in [0.1, 0.15) is 50.5 Å². The van der Waals surface area contributed by atoms with E-state index < -0.39 is 0 Å². The maximum atomic E-state index is 12.5. The largest absolute Gasteiger partial charge is 0.506 e. The number of nitrogens with zero attached hydrogens (tertiary/aromatic N) is 2. The van der Waals surface area contributed by atoms with Gasteiger partial charge in [0.15, 0.2) is 0 Å². The zero-order valence-corrected chi connectivity index (χ0v) is 18.7. The van der Waals surface area contributed by atoms with Crippen LogP contribution in [0.4, 0.5) is 0 Å². The van der Waals surface area contributed by atoms with E-state index in [2.05, 4.69) is 11.6 Å². The Morgan fingerprint density at radius 2 is 1.87 bits per heavy atom. The molecule has 2 aromatic rings. The quantitative estimate of drug-likeness (QED) is 0.457. The number of aromatic hydroxyl groups is 1. The molecule has 0 saturated heterocycles. The van der Waals surface area contributed by atoms with Crippen molar-refractivity contribution in [2.45, 2.75) is 57.4 Å². The number of benzene rings is 1. The first-order chi connectivity index (χ1) is 15.0. The smallest absolute Gasteiger partial charge is 0.305 e. The molecule has 1 aliphatic carbocycles. The first-order valence-electron chi connectivity index (χ1n) is 11.0. The van der Waals surface area contributed by atoms with E-state index in [0.717, 1.165) is 49.0 Å². The normalized spacial score (nSPS) is 15.2. The molecule has 0 bridgehead atoms. The molecule has 2 amide bonds. The SMILES string of the molecule is C=CC(=O)N(CCN(C=O)CCc1ccc(O)c2[nH]c(=O)sc12)C1CCCCCCC1. The van der Waals surface area contributed by atoms with Crippen LogP contribution >= 0.6 is 11.3 Å². The molecule has 31 heavy (non-hydrogen) atoms. The molecule has 168 valence electrons. The van der Waals surface area contributed by atoms with Crippen molar-refractivity contribution in [3.8, 4) is 5.75 Å². The van der Waals surface area contributed by atoms with Crippen molar-refractivity contribution in [1.82, 2.24) is 14.8 Å². The van der Waals surface area contributed by atoms with Crippen LogP contribution in [-0.4, -0.2) is 57.9 Å². The number of phenolic OH excluding ortho intramolecular Hbond substituents is 1. The average Bonchev–Trinajstić information content (AvgIpc) is 3.14. The van der Waals surface area contributed by atoms with Crippen molar-refractivity contribution in [2.24, 2.45) is 0 Å². The third kappa shape index (κ3) is 5.97. The molecule has 3 rings (SSSR count). The lowest BCUT2D eigenvalue weighted by atomic mass is 9.95. The Hall–Kier alpha value is -2.61. The molecule has 8 heteroatoms. The van der Waals surface area contributed by atoms with Crippen LogP contribution < -0.4 is 4.87 Å². The number of thiazole rings is 1. The second-order valence-electron chi connectivity index (χ2n) is 8.09. The molecule has 1 aromatic heterocycles. The highest BCUT2D eigenvalue weighted by Crippen LogP contribution is 2.28. The van der Waals surface area contributed by atoms with Crippen LogP contribution in [0.15, 0.2) is 29.6 Å². The Balaban J connectivity index is 1.63. The number of carbonyl (C=O) groups is 2. The lowest BCUT2D eigenvalue weighted by molar-refractivity contribution is -0.130. The Labute approximate surface area is 186 Å². The number of carbonyl (C=O) groups excluding carboxylic acids is 2. The summed E-state index contributed by atoms with van der Waals surface area (Å²) in [5, 5.41) is 9.94. The van der Waals surface area contributed by atoms with Crippen molar-refractivity contribution >= 4 is 33.9 Å². The van der Waals surface area contributed by atoms with E-state index >= 15 is 0 Å². The van der Waals surface area contributed by atoms with E-state index in [9.17, 15) is 19.5 Å². The summed E-state index contributed by atoms with van der Waals surface area (Å²) >= 11 is 1.06. The predicted molar refractivity (Wildman–Crippen MR) is 123 cm³/mol. The number of hydrogen-bond acceptors (Lipinski definition) is 5. The third-order valence-corrected chi connectivity index (χ3v) is 7.02. The molecule has 0 radical (unpaired) electrons. The molecule has 1 saturated carbocycles. The minimum Gasteiger partial charge on any atom is -0.506 e. The fourth-order valence-electron chi connectivity index (χ4n) is 4.32. The van der Waals surface area contributed by atoms with E-state index in [4.69, 9.17) is 0 Å². The molecular weight excluding hydrogens is 414 g/mol. The van der Waals surface area contributed by atoms with Gasteiger partial charge in [-0.1, -0.05) is 56.1 Å². The zero-order chi connectivity index (χ0) is 22.2. The van der Waals surface area contributed by atoms with Crippen molar-refractivity contribution in [2.75, 3.05) is 19.6 Å². The van der Waals surface area contributed by atoms with E-state index in [1.807, 2.05) is 4.90 Å². The Kier molecular flexibility index (Phi) is 8.28. The van der Waals surface area contributed by atoms with Gasteiger partial charge in [0.25, 0.3) is 0 Å². The topological polar surface area (TPSA) is 93.7 Å². The van der Waals surface area contributed by atoms with Crippen molar-refractivity contribution in [3.63, 3.8) is 0 Å². The fraction of sp³-hybridized carbons (Fsp3) is 0.522. The predicted octanol–water partition coefficient (Wildman–Crippen LogP) is 3.42. The molecule has 2 N–H and O–H groups in total. The van der Waals surface area contributed by atoms with E-state index in [1.54, 1.807) is 17.0 Å². The van der Waals surface area contributed by atoms with E-state index in [1.165, 1.54) is 25.3 Å². The van der Waals surface area contributed by atoms with Gasteiger partial charge in [0, 0.05) is 25.7 Å². The number of phenols is 1. The highest BCUT2D eigenvalue weighted by molar-refractivity contribution is 7.16. The van der Waals surface area contributed by atoms with Gasteiger partial charge in [-0.2, -0.15) is 0 Å².